The van der Waals surface area contributed by atoms with E-state index in [0.717, 1.165) is 52.5 Å². The number of hydrogen-bond donors (Lipinski definition) is 2. The fourth-order valence-electron chi connectivity index (χ4n) is 5.23. The lowest BCUT2D eigenvalue weighted by molar-refractivity contribution is 0.0155. The molecule has 5 nitrogen and oxygen atoms in total. The molecule has 2 N–H and O–H groups in total. The Hall–Kier alpha value is -3.35. The molecule has 3 heterocycles. The van der Waals surface area contributed by atoms with Gasteiger partial charge >= 0.3 is 0 Å². The van der Waals surface area contributed by atoms with E-state index in [-0.39, 0.29) is 31.3 Å². The first-order valence-electron chi connectivity index (χ1n) is 12.2. The highest BCUT2D eigenvalue weighted by Crippen LogP contribution is 2.37. The van der Waals surface area contributed by atoms with Crippen molar-refractivity contribution >= 4 is 11.3 Å². The summed E-state index contributed by atoms with van der Waals surface area (Å²) >= 11 is 0. The van der Waals surface area contributed by atoms with E-state index in [9.17, 15) is 13.9 Å². The SMILES string of the molecule is COc1ccc(C2=C(\C)NC3=C(N4CCC(F)(F)C4)C(C4=CCCC=C4)=NC(C/C=C\2O)C3)cc1. The van der Waals surface area contributed by atoms with Crippen LogP contribution in [-0.4, -0.2) is 47.9 Å². The lowest BCUT2D eigenvalue weighted by Gasteiger charge is -2.33. The second-order valence-electron chi connectivity index (χ2n) is 9.51. The maximum absolute atomic E-state index is 14.3. The van der Waals surface area contributed by atoms with Crippen LogP contribution in [0, 0.1) is 0 Å². The first-order chi connectivity index (χ1) is 16.8. The highest BCUT2D eigenvalue weighted by molar-refractivity contribution is 6.15. The summed E-state index contributed by atoms with van der Waals surface area (Å²) < 4.78 is 33.9. The van der Waals surface area contributed by atoms with Crippen LogP contribution in [-0.2, 0) is 0 Å². The van der Waals surface area contributed by atoms with Crippen LogP contribution in [0.3, 0.4) is 0 Å². The molecule has 1 atom stereocenters. The summed E-state index contributed by atoms with van der Waals surface area (Å²) in [6.45, 7) is 1.88. The zero-order valence-corrected chi connectivity index (χ0v) is 20.2. The number of hydrogen-bond acceptors (Lipinski definition) is 5. The van der Waals surface area contributed by atoms with Gasteiger partial charge in [-0.05, 0) is 55.5 Å². The summed E-state index contributed by atoms with van der Waals surface area (Å²) in [4.78, 5) is 6.83. The number of aliphatic imine (C=N–C) groups is 1. The van der Waals surface area contributed by atoms with E-state index < -0.39 is 5.92 Å². The van der Waals surface area contributed by atoms with Gasteiger partial charge in [-0.3, -0.25) is 4.99 Å². The van der Waals surface area contributed by atoms with E-state index in [1.54, 1.807) is 12.0 Å². The summed E-state index contributed by atoms with van der Waals surface area (Å²) in [7, 11) is 1.61. The molecule has 3 aliphatic heterocycles. The zero-order chi connectivity index (χ0) is 24.6. The third-order valence-electron chi connectivity index (χ3n) is 6.95. The Labute approximate surface area is 204 Å². The number of alkyl halides is 2. The Bertz CT molecular complexity index is 1190. The Morgan fingerprint density at radius 1 is 1.17 bits per heavy atom. The number of aliphatic hydroxyl groups is 1. The van der Waals surface area contributed by atoms with Gasteiger partial charge in [0.15, 0.2) is 0 Å². The Morgan fingerprint density at radius 3 is 2.63 bits per heavy atom. The van der Waals surface area contributed by atoms with Gasteiger partial charge in [0.25, 0.3) is 5.92 Å². The molecule has 0 radical (unpaired) electrons. The molecule has 184 valence electrons. The van der Waals surface area contributed by atoms with Crippen LogP contribution in [0.4, 0.5) is 8.78 Å². The molecule has 5 rings (SSSR count). The summed E-state index contributed by atoms with van der Waals surface area (Å²) in [5.74, 6) is -1.81. The molecular formula is C28H31F2N3O2. The van der Waals surface area contributed by atoms with Gasteiger partial charge in [-0.2, -0.15) is 0 Å². The number of methoxy groups -OCH3 is 1. The molecular weight excluding hydrogens is 448 g/mol. The second-order valence-corrected chi connectivity index (χ2v) is 9.51. The van der Waals surface area contributed by atoms with E-state index in [0.29, 0.717) is 18.4 Å². The maximum Gasteiger partial charge on any atom is 0.266 e. The Morgan fingerprint density at radius 2 is 1.97 bits per heavy atom. The number of halogens is 2. The normalized spacial score (nSPS) is 27.7. The molecule has 4 aliphatic rings. The fraction of sp³-hybridized carbons (Fsp3) is 0.393. The van der Waals surface area contributed by atoms with Gasteiger partial charge in [0.2, 0.25) is 0 Å². The quantitative estimate of drug-likeness (QED) is 0.564. The lowest BCUT2D eigenvalue weighted by Crippen LogP contribution is -2.37. The Balaban J connectivity index is 1.62. The molecule has 1 aromatic rings. The van der Waals surface area contributed by atoms with E-state index in [1.807, 2.05) is 37.3 Å². The molecule has 0 amide bonds. The molecule has 0 aromatic heterocycles. The minimum atomic E-state index is -2.72. The van der Waals surface area contributed by atoms with E-state index in [1.165, 1.54) is 0 Å². The molecule has 0 saturated carbocycles. The minimum absolute atomic E-state index is 0.0965. The van der Waals surface area contributed by atoms with Crippen LogP contribution in [0.2, 0.25) is 0 Å². The molecule has 1 unspecified atom stereocenters. The topological polar surface area (TPSA) is 57.1 Å². The van der Waals surface area contributed by atoms with Gasteiger partial charge in [0, 0.05) is 36.4 Å². The van der Waals surface area contributed by atoms with Crippen LogP contribution in [0.15, 0.2) is 82.0 Å². The van der Waals surface area contributed by atoms with Crippen molar-refractivity contribution in [3.05, 3.63) is 82.6 Å². The van der Waals surface area contributed by atoms with Crippen LogP contribution in [0.1, 0.15) is 44.6 Å². The smallest absolute Gasteiger partial charge is 0.266 e. The number of dihydropyridines is 1. The standard InChI is InChI=1S/C28H31F2N3O2/c1-18-25(19-8-11-22(35-2)12-9-19)24(34)13-10-21-16-23(31-18)27(33-15-14-28(29,30)17-33)26(32-21)20-6-4-3-5-7-20/h4,6-9,11-13,21,31,34H,3,5,10,14-17H2,1-2H3/b24-13+,25-18-. The highest BCUT2D eigenvalue weighted by atomic mass is 19.3. The number of fused-ring (bicyclic) bond motifs is 2. The molecule has 1 aromatic carbocycles. The largest absolute Gasteiger partial charge is 0.508 e. The second kappa shape index (κ2) is 9.36. The van der Waals surface area contributed by atoms with Crippen molar-refractivity contribution in [3.8, 4) is 5.75 Å². The van der Waals surface area contributed by atoms with Gasteiger partial charge in [0.1, 0.15) is 11.5 Å². The van der Waals surface area contributed by atoms with Crippen molar-refractivity contribution in [1.29, 1.82) is 0 Å². The van der Waals surface area contributed by atoms with Crippen LogP contribution in [0.5, 0.6) is 5.75 Å². The lowest BCUT2D eigenvalue weighted by atomic mass is 9.93. The zero-order valence-electron chi connectivity index (χ0n) is 20.2. The van der Waals surface area contributed by atoms with E-state index in [4.69, 9.17) is 9.73 Å². The number of nitrogens with one attached hydrogen (secondary N) is 1. The molecule has 35 heavy (non-hydrogen) atoms. The number of rotatable bonds is 4. The molecule has 1 saturated heterocycles. The van der Waals surface area contributed by atoms with Gasteiger partial charge in [-0.25, -0.2) is 8.78 Å². The van der Waals surface area contributed by atoms with Crippen molar-refractivity contribution in [1.82, 2.24) is 10.2 Å². The average molecular weight is 480 g/mol. The number of nitrogens with zero attached hydrogens (tertiary/aromatic N) is 2. The van der Waals surface area contributed by atoms with Gasteiger partial charge in [-0.1, -0.05) is 30.4 Å². The summed E-state index contributed by atoms with van der Waals surface area (Å²) in [5, 5.41) is 14.6. The first kappa shape index (κ1) is 23.4. The Kier molecular flexibility index (Phi) is 6.26. The predicted molar refractivity (Wildman–Crippen MR) is 135 cm³/mol. The maximum atomic E-state index is 14.3. The third kappa shape index (κ3) is 4.77. The van der Waals surface area contributed by atoms with Crippen LogP contribution < -0.4 is 10.1 Å². The molecule has 7 heteroatoms. The summed E-state index contributed by atoms with van der Waals surface area (Å²) in [6.07, 6.45) is 11.0. The van der Waals surface area contributed by atoms with E-state index in [2.05, 4.69) is 23.5 Å². The highest BCUT2D eigenvalue weighted by Gasteiger charge is 2.42. The number of allylic oxidation sites excluding steroid dienone is 6. The van der Waals surface area contributed by atoms with Crippen molar-refractivity contribution in [2.24, 2.45) is 4.99 Å². The number of benzene rings is 1. The van der Waals surface area contributed by atoms with Gasteiger partial charge in [-0.15, -0.1) is 0 Å². The fourth-order valence-corrected chi connectivity index (χ4v) is 5.23. The van der Waals surface area contributed by atoms with Crippen LogP contribution in [0.25, 0.3) is 5.57 Å². The molecule has 1 aliphatic carbocycles. The molecule has 1 fully saturated rings. The molecule has 2 bridgehead atoms. The van der Waals surface area contributed by atoms with Crippen molar-refractivity contribution < 1.29 is 18.6 Å². The predicted octanol–water partition coefficient (Wildman–Crippen LogP) is 5.90. The van der Waals surface area contributed by atoms with E-state index >= 15 is 0 Å². The van der Waals surface area contributed by atoms with Crippen molar-refractivity contribution in [2.75, 3.05) is 20.2 Å². The summed E-state index contributed by atoms with van der Waals surface area (Å²) in [5.41, 5.74) is 5.67. The third-order valence-corrected chi connectivity index (χ3v) is 6.95. The first-order valence-corrected chi connectivity index (χ1v) is 12.2. The van der Waals surface area contributed by atoms with Crippen LogP contribution >= 0.6 is 0 Å². The van der Waals surface area contributed by atoms with Crippen molar-refractivity contribution in [2.45, 2.75) is 51.0 Å². The number of likely N-dealkylation sites (tertiary alicyclic amines) is 1. The minimum Gasteiger partial charge on any atom is -0.508 e. The van der Waals surface area contributed by atoms with Gasteiger partial charge < -0.3 is 20.1 Å². The summed E-state index contributed by atoms with van der Waals surface area (Å²) in [6, 6.07) is 7.43. The number of ether oxygens (including phenoxy) is 1. The average Bonchev–Trinajstić information content (AvgIpc) is 3.23. The van der Waals surface area contributed by atoms with Gasteiger partial charge in [0.05, 0.1) is 31.1 Å². The number of aliphatic hydroxyl groups excluding tert-OH is 1. The van der Waals surface area contributed by atoms with Crippen molar-refractivity contribution in [3.63, 3.8) is 0 Å². The monoisotopic (exact) mass is 479 g/mol. The molecule has 0 spiro atoms.